The van der Waals surface area contributed by atoms with E-state index >= 15 is 0 Å². The van der Waals surface area contributed by atoms with E-state index in [1.807, 2.05) is 31.2 Å². The first-order chi connectivity index (χ1) is 15.3. The number of hydrogen-bond acceptors (Lipinski definition) is 4. The van der Waals surface area contributed by atoms with Crippen LogP contribution < -0.4 is 15.5 Å². The Labute approximate surface area is 194 Å². The number of hydrogen-bond donors (Lipinski definition) is 1. The van der Waals surface area contributed by atoms with Gasteiger partial charge in [-0.3, -0.25) is 9.59 Å². The van der Waals surface area contributed by atoms with E-state index in [9.17, 15) is 9.59 Å². The molecule has 0 saturated carbocycles. The SMILES string of the molecule is Cc1ccc(-c2oc3ccc(Cl)cc3c(=O)c2OC(C)C(=O)Nc2ccc(Cl)cc2)cc1. The number of carbonyl (C=O) groups is 1. The number of fused-ring (bicyclic) bond motifs is 1. The smallest absolute Gasteiger partial charge is 0.265 e. The maximum atomic E-state index is 13.3. The topological polar surface area (TPSA) is 68.5 Å². The van der Waals surface area contributed by atoms with E-state index in [2.05, 4.69) is 5.32 Å². The molecule has 0 spiro atoms. The lowest BCUT2D eigenvalue weighted by atomic mass is 10.1. The summed E-state index contributed by atoms with van der Waals surface area (Å²) in [6.07, 6.45) is -0.977. The van der Waals surface area contributed by atoms with E-state index in [0.29, 0.717) is 26.9 Å². The molecular weight excluding hydrogens is 449 g/mol. The number of nitrogens with one attached hydrogen (secondary N) is 1. The van der Waals surface area contributed by atoms with Gasteiger partial charge in [0.2, 0.25) is 11.2 Å². The Bertz CT molecular complexity index is 1350. The Kier molecular flexibility index (Phi) is 6.21. The highest BCUT2D eigenvalue weighted by atomic mass is 35.5. The molecule has 32 heavy (non-hydrogen) atoms. The van der Waals surface area contributed by atoms with Crippen molar-refractivity contribution in [3.8, 4) is 17.1 Å². The Morgan fingerprint density at radius 2 is 1.62 bits per heavy atom. The zero-order valence-electron chi connectivity index (χ0n) is 17.3. The number of carbonyl (C=O) groups excluding carboxylic acids is 1. The zero-order valence-corrected chi connectivity index (χ0v) is 18.8. The minimum Gasteiger partial charge on any atom is -0.473 e. The predicted octanol–water partition coefficient (Wildman–Crippen LogP) is 6.48. The van der Waals surface area contributed by atoms with Gasteiger partial charge in [-0.05, 0) is 56.3 Å². The number of anilines is 1. The maximum absolute atomic E-state index is 13.3. The standard InChI is InChI=1S/C25H19Cl2NO4/c1-14-3-5-16(6-4-14)23-24(22(29)20-13-18(27)9-12-21(20)32-23)31-15(2)25(30)28-19-10-7-17(26)8-11-19/h3-13,15H,1-2H3,(H,28,30). The molecule has 5 nitrogen and oxygen atoms in total. The number of benzene rings is 3. The molecule has 0 radical (unpaired) electrons. The van der Waals surface area contributed by atoms with Gasteiger partial charge in [0.15, 0.2) is 11.9 Å². The first kappa shape index (κ1) is 21.9. The van der Waals surface area contributed by atoms with Gasteiger partial charge in [-0.15, -0.1) is 0 Å². The fourth-order valence-corrected chi connectivity index (χ4v) is 3.46. The lowest BCUT2D eigenvalue weighted by Crippen LogP contribution is -2.31. The largest absolute Gasteiger partial charge is 0.473 e. The first-order valence-electron chi connectivity index (χ1n) is 9.88. The highest BCUT2D eigenvalue weighted by molar-refractivity contribution is 6.31. The van der Waals surface area contributed by atoms with Crippen LogP contribution in [0.1, 0.15) is 12.5 Å². The van der Waals surface area contributed by atoms with E-state index in [0.717, 1.165) is 5.56 Å². The molecule has 0 fully saturated rings. The van der Waals surface area contributed by atoms with Crippen LogP contribution in [0.15, 0.2) is 75.9 Å². The molecule has 4 aromatic rings. The molecule has 1 atom stereocenters. The van der Waals surface area contributed by atoms with Crippen molar-refractivity contribution in [3.63, 3.8) is 0 Å². The van der Waals surface area contributed by atoms with E-state index < -0.39 is 17.4 Å². The van der Waals surface area contributed by atoms with Gasteiger partial charge in [0.1, 0.15) is 5.58 Å². The zero-order chi connectivity index (χ0) is 22.8. The molecule has 4 rings (SSSR count). The van der Waals surface area contributed by atoms with Gasteiger partial charge in [-0.2, -0.15) is 0 Å². The molecule has 1 unspecified atom stereocenters. The minimum atomic E-state index is -0.977. The summed E-state index contributed by atoms with van der Waals surface area (Å²) in [4.78, 5) is 26.0. The van der Waals surface area contributed by atoms with Crippen molar-refractivity contribution < 1.29 is 13.9 Å². The maximum Gasteiger partial charge on any atom is 0.265 e. The molecule has 7 heteroatoms. The summed E-state index contributed by atoms with van der Waals surface area (Å²) in [5, 5.41) is 3.97. The number of amides is 1. The van der Waals surface area contributed by atoms with Crippen molar-refractivity contribution >= 4 is 45.8 Å². The number of ether oxygens (including phenoxy) is 1. The van der Waals surface area contributed by atoms with Gasteiger partial charge in [0.25, 0.3) is 5.91 Å². The van der Waals surface area contributed by atoms with Gasteiger partial charge in [-0.25, -0.2) is 0 Å². The van der Waals surface area contributed by atoms with E-state index in [1.54, 1.807) is 43.3 Å². The average molecular weight is 468 g/mol. The van der Waals surface area contributed by atoms with Gasteiger partial charge < -0.3 is 14.5 Å². The molecule has 0 bridgehead atoms. The number of halogens is 2. The van der Waals surface area contributed by atoms with Crippen LogP contribution in [0, 0.1) is 6.92 Å². The molecule has 0 aliphatic heterocycles. The fraction of sp³-hybridized carbons (Fsp3) is 0.120. The lowest BCUT2D eigenvalue weighted by molar-refractivity contribution is -0.122. The van der Waals surface area contributed by atoms with Crippen LogP contribution in [0.2, 0.25) is 10.0 Å². The molecule has 1 amide bonds. The van der Waals surface area contributed by atoms with Gasteiger partial charge >= 0.3 is 0 Å². The van der Waals surface area contributed by atoms with Crippen molar-refractivity contribution in [1.82, 2.24) is 0 Å². The van der Waals surface area contributed by atoms with Crippen LogP contribution in [-0.4, -0.2) is 12.0 Å². The van der Waals surface area contributed by atoms with Crippen molar-refractivity contribution in [2.45, 2.75) is 20.0 Å². The molecule has 3 aromatic carbocycles. The van der Waals surface area contributed by atoms with Gasteiger partial charge in [0.05, 0.1) is 5.39 Å². The third kappa shape index (κ3) is 4.64. The van der Waals surface area contributed by atoms with Gasteiger partial charge in [-0.1, -0.05) is 53.0 Å². The average Bonchev–Trinajstić information content (AvgIpc) is 2.78. The normalized spacial score (nSPS) is 11.9. The second-order valence-corrected chi connectivity index (χ2v) is 8.23. The molecule has 1 heterocycles. The minimum absolute atomic E-state index is 0.0534. The number of aryl methyl sites for hydroxylation is 1. The molecular formula is C25H19Cl2NO4. The lowest BCUT2D eigenvalue weighted by Gasteiger charge is -2.17. The third-order valence-electron chi connectivity index (χ3n) is 4.90. The second kappa shape index (κ2) is 9.07. The van der Waals surface area contributed by atoms with Crippen LogP contribution in [0.25, 0.3) is 22.3 Å². The summed E-state index contributed by atoms with van der Waals surface area (Å²) >= 11 is 12.0. The fourth-order valence-electron chi connectivity index (χ4n) is 3.16. The van der Waals surface area contributed by atoms with E-state index in [1.165, 1.54) is 6.07 Å². The predicted molar refractivity (Wildman–Crippen MR) is 128 cm³/mol. The van der Waals surface area contributed by atoms with Crippen LogP contribution in [0.5, 0.6) is 5.75 Å². The van der Waals surface area contributed by atoms with Crippen molar-refractivity contribution in [3.05, 3.63) is 92.6 Å². The van der Waals surface area contributed by atoms with Crippen molar-refractivity contribution in [2.24, 2.45) is 0 Å². The molecule has 162 valence electrons. The summed E-state index contributed by atoms with van der Waals surface area (Å²) in [6, 6.07) is 19.0. The first-order valence-corrected chi connectivity index (χ1v) is 10.6. The Morgan fingerprint density at radius 3 is 2.31 bits per heavy atom. The molecule has 0 aliphatic carbocycles. The van der Waals surface area contributed by atoms with Crippen LogP contribution in [-0.2, 0) is 4.79 Å². The van der Waals surface area contributed by atoms with Crippen LogP contribution in [0.3, 0.4) is 0 Å². The third-order valence-corrected chi connectivity index (χ3v) is 5.39. The quantitative estimate of drug-likeness (QED) is 0.364. The van der Waals surface area contributed by atoms with E-state index in [4.69, 9.17) is 32.4 Å². The highest BCUT2D eigenvalue weighted by Crippen LogP contribution is 2.32. The summed E-state index contributed by atoms with van der Waals surface area (Å²) in [6.45, 7) is 3.52. The molecule has 0 saturated heterocycles. The molecule has 1 aromatic heterocycles. The summed E-state index contributed by atoms with van der Waals surface area (Å²) < 4.78 is 11.9. The van der Waals surface area contributed by atoms with Gasteiger partial charge in [0, 0.05) is 21.3 Å². The Morgan fingerprint density at radius 1 is 0.969 bits per heavy atom. The summed E-state index contributed by atoms with van der Waals surface area (Å²) in [5.74, 6) is -0.230. The Hall–Kier alpha value is -3.28. The van der Waals surface area contributed by atoms with Crippen molar-refractivity contribution in [1.29, 1.82) is 0 Å². The molecule has 0 aliphatic rings. The van der Waals surface area contributed by atoms with Crippen LogP contribution >= 0.6 is 23.2 Å². The highest BCUT2D eigenvalue weighted by Gasteiger charge is 2.23. The van der Waals surface area contributed by atoms with Crippen LogP contribution in [0.4, 0.5) is 5.69 Å². The molecule has 1 N–H and O–H groups in total. The second-order valence-electron chi connectivity index (χ2n) is 7.35. The number of rotatable bonds is 5. The van der Waals surface area contributed by atoms with E-state index in [-0.39, 0.29) is 16.9 Å². The van der Waals surface area contributed by atoms with Crippen molar-refractivity contribution in [2.75, 3.05) is 5.32 Å². The summed E-state index contributed by atoms with van der Waals surface area (Å²) in [5.41, 5.74) is 2.24. The monoisotopic (exact) mass is 467 g/mol. The summed E-state index contributed by atoms with van der Waals surface area (Å²) in [7, 11) is 0. The Balaban J connectivity index is 1.73.